The van der Waals surface area contributed by atoms with E-state index in [1.165, 1.54) is 18.2 Å². The van der Waals surface area contributed by atoms with Gasteiger partial charge >= 0.3 is 6.09 Å². The van der Waals surface area contributed by atoms with Crippen molar-refractivity contribution in [3.63, 3.8) is 0 Å². The van der Waals surface area contributed by atoms with E-state index in [0.29, 0.717) is 32.5 Å². The van der Waals surface area contributed by atoms with Crippen LogP contribution < -0.4 is 10.6 Å². The summed E-state index contributed by atoms with van der Waals surface area (Å²) in [5.41, 5.74) is -0.780. The van der Waals surface area contributed by atoms with Crippen molar-refractivity contribution in [2.24, 2.45) is 5.92 Å². The number of benzene rings is 1. The maximum atomic E-state index is 13.8. The van der Waals surface area contributed by atoms with E-state index < -0.39 is 23.4 Å². The van der Waals surface area contributed by atoms with E-state index >= 15 is 0 Å². The molecule has 3 amide bonds. The molecule has 1 aromatic carbocycles. The molecule has 160 valence electrons. The molecule has 0 bridgehead atoms. The highest BCUT2D eigenvalue weighted by molar-refractivity contribution is 6.33. The molecule has 0 spiro atoms. The Hall–Kier alpha value is -2.35. The first-order valence-electron chi connectivity index (χ1n) is 9.53. The molecule has 7 nitrogen and oxygen atoms in total. The Kier molecular flexibility index (Phi) is 7.84. The Morgan fingerprint density at radius 2 is 1.86 bits per heavy atom. The highest BCUT2D eigenvalue weighted by atomic mass is 35.5. The molecule has 0 radical (unpaired) electrons. The van der Waals surface area contributed by atoms with E-state index in [1.54, 1.807) is 25.7 Å². The van der Waals surface area contributed by atoms with Gasteiger partial charge in [-0.3, -0.25) is 9.59 Å². The van der Waals surface area contributed by atoms with Gasteiger partial charge < -0.3 is 20.3 Å². The SMILES string of the molecule is CC(C)(C)OC(=O)NCC(=O)N1CCC(CNC(=O)c2c(F)cccc2Cl)CC1. The summed E-state index contributed by atoms with van der Waals surface area (Å²) < 4.78 is 18.9. The summed E-state index contributed by atoms with van der Waals surface area (Å²) in [6, 6.07) is 4.10. The molecular weight excluding hydrogens is 401 g/mol. The Morgan fingerprint density at radius 1 is 1.21 bits per heavy atom. The van der Waals surface area contributed by atoms with Gasteiger partial charge in [0.2, 0.25) is 5.91 Å². The number of ether oxygens (including phenoxy) is 1. The second kappa shape index (κ2) is 9.91. The molecule has 2 N–H and O–H groups in total. The van der Waals surface area contributed by atoms with Crippen LogP contribution >= 0.6 is 11.6 Å². The lowest BCUT2D eigenvalue weighted by Gasteiger charge is -2.32. The molecule has 0 unspecified atom stereocenters. The third-order valence-electron chi connectivity index (χ3n) is 4.49. The molecule has 29 heavy (non-hydrogen) atoms. The predicted octanol–water partition coefficient (Wildman–Crippen LogP) is 2.97. The van der Waals surface area contributed by atoms with Crippen LogP contribution in [0.2, 0.25) is 5.02 Å². The highest BCUT2D eigenvalue weighted by Gasteiger charge is 2.25. The van der Waals surface area contributed by atoms with E-state index in [4.69, 9.17) is 16.3 Å². The second-order valence-corrected chi connectivity index (χ2v) is 8.39. The van der Waals surface area contributed by atoms with Crippen LogP contribution in [-0.2, 0) is 9.53 Å². The summed E-state index contributed by atoms with van der Waals surface area (Å²) in [6.07, 6.45) is 0.766. The lowest BCUT2D eigenvalue weighted by molar-refractivity contribution is -0.131. The van der Waals surface area contributed by atoms with E-state index in [0.717, 1.165) is 0 Å². The van der Waals surface area contributed by atoms with Crippen LogP contribution in [0, 0.1) is 11.7 Å². The molecule has 1 aliphatic rings. The Labute approximate surface area is 174 Å². The number of amides is 3. The molecule has 1 heterocycles. The zero-order valence-corrected chi connectivity index (χ0v) is 17.6. The minimum Gasteiger partial charge on any atom is -0.444 e. The van der Waals surface area contributed by atoms with E-state index in [-0.39, 0.29) is 29.0 Å². The third-order valence-corrected chi connectivity index (χ3v) is 4.81. The number of carbonyl (C=O) groups is 3. The average Bonchev–Trinajstić information content (AvgIpc) is 2.63. The maximum Gasteiger partial charge on any atom is 0.408 e. The minimum atomic E-state index is -0.659. The normalized spacial score (nSPS) is 15.0. The minimum absolute atomic E-state index is 0.0698. The van der Waals surface area contributed by atoms with Crippen molar-refractivity contribution < 1.29 is 23.5 Å². The number of hydrogen-bond acceptors (Lipinski definition) is 4. The third kappa shape index (κ3) is 7.20. The number of piperidine rings is 1. The van der Waals surface area contributed by atoms with Crippen LogP contribution in [0.3, 0.4) is 0 Å². The van der Waals surface area contributed by atoms with Crippen LogP contribution in [0.5, 0.6) is 0 Å². The number of likely N-dealkylation sites (tertiary alicyclic amines) is 1. The maximum absolute atomic E-state index is 13.8. The van der Waals surface area contributed by atoms with Gasteiger partial charge in [0.15, 0.2) is 0 Å². The molecule has 9 heteroatoms. The van der Waals surface area contributed by atoms with Gasteiger partial charge in [-0.15, -0.1) is 0 Å². The Morgan fingerprint density at radius 3 is 2.45 bits per heavy atom. The quantitative estimate of drug-likeness (QED) is 0.756. The summed E-state index contributed by atoms with van der Waals surface area (Å²) in [6.45, 7) is 6.55. The topological polar surface area (TPSA) is 87.7 Å². The zero-order valence-electron chi connectivity index (χ0n) is 16.9. The number of hydrogen-bond donors (Lipinski definition) is 2. The van der Waals surface area contributed by atoms with Crippen molar-refractivity contribution in [1.82, 2.24) is 15.5 Å². The number of halogens is 2. The lowest BCUT2D eigenvalue weighted by Crippen LogP contribution is -2.46. The highest BCUT2D eigenvalue weighted by Crippen LogP contribution is 2.20. The second-order valence-electron chi connectivity index (χ2n) is 7.99. The van der Waals surface area contributed by atoms with Gasteiger partial charge in [-0.2, -0.15) is 0 Å². The van der Waals surface area contributed by atoms with Crippen molar-refractivity contribution >= 4 is 29.5 Å². The van der Waals surface area contributed by atoms with E-state index in [9.17, 15) is 18.8 Å². The number of alkyl carbamates (subject to hydrolysis) is 1. The van der Waals surface area contributed by atoms with Gasteiger partial charge in [0.05, 0.1) is 10.6 Å². The standard InChI is InChI=1S/C20H27ClFN3O4/c1-20(2,3)29-19(28)24-12-16(26)25-9-7-13(8-10-25)11-23-18(27)17-14(21)5-4-6-15(17)22/h4-6,13H,7-12H2,1-3H3,(H,23,27)(H,24,28). The fraction of sp³-hybridized carbons (Fsp3) is 0.550. The van der Waals surface area contributed by atoms with Crippen LogP contribution in [-0.4, -0.2) is 54.6 Å². The molecular formula is C20H27ClFN3O4. The van der Waals surface area contributed by atoms with Crippen LogP contribution in [0.1, 0.15) is 44.0 Å². The Bertz CT molecular complexity index is 738. The number of nitrogens with zero attached hydrogens (tertiary/aromatic N) is 1. The van der Waals surface area contributed by atoms with Crippen molar-refractivity contribution in [2.45, 2.75) is 39.2 Å². The molecule has 1 aliphatic heterocycles. The van der Waals surface area contributed by atoms with Crippen molar-refractivity contribution in [1.29, 1.82) is 0 Å². The number of nitrogens with one attached hydrogen (secondary N) is 2. The molecule has 0 saturated carbocycles. The number of rotatable bonds is 5. The molecule has 1 aromatic rings. The van der Waals surface area contributed by atoms with Gasteiger partial charge in [0.1, 0.15) is 18.0 Å². The van der Waals surface area contributed by atoms with Gasteiger partial charge in [0, 0.05) is 19.6 Å². The molecule has 2 rings (SSSR count). The lowest BCUT2D eigenvalue weighted by atomic mass is 9.96. The monoisotopic (exact) mass is 427 g/mol. The van der Waals surface area contributed by atoms with Gasteiger partial charge in [-0.1, -0.05) is 17.7 Å². The first kappa shape index (κ1) is 22.9. The van der Waals surface area contributed by atoms with Crippen molar-refractivity contribution in [3.05, 3.63) is 34.6 Å². The van der Waals surface area contributed by atoms with Crippen LogP contribution in [0.4, 0.5) is 9.18 Å². The molecule has 1 saturated heterocycles. The van der Waals surface area contributed by atoms with Gasteiger partial charge in [0.25, 0.3) is 5.91 Å². The van der Waals surface area contributed by atoms with Gasteiger partial charge in [-0.05, 0) is 51.7 Å². The first-order valence-corrected chi connectivity index (χ1v) is 9.91. The van der Waals surface area contributed by atoms with Crippen LogP contribution in [0.15, 0.2) is 18.2 Å². The fourth-order valence-corrected chi connectivity index (χ4v) is 3.25. The Balaban J connectivity index is 1.73. The number of carbonyl (C=O) groups excluding carboxylic acids is 3. The molecule has 0 aliphatic carbocycles. The first-order chi connectivity index (χ1) is 13.6. The average molecular weight is 428 g/mol. The van der Waals surface area contributed by atoms with Crippen molar-refractivity contribution in [2.75, 3.05) is 26.2 Å². The summed E-state index contributed by atoms with van der Waals surface area (Å²) in [4.78, 5) is 37.7. The fourth-order valence-electron chi connectivity index (χ4n) is 3.00. The van der Waals surface area contributed by atoms with Gasteiger partial charge in [-0.25, -0.2) is 9.18 Å². The molecule has 0 atom stereocenters. The molecule has 1 fully saturated rings. The summed E-state index contributed by atoms with van der Waals surface area (Å²) in [5, 5.41) is 5.24. The largest absolute Gasteiger partial charge is 0.444 e. The summed E-state index contributed by atoms with van der Waals surface area (Å²) in [7, 11) is 0. The smallest absolute Gasteiger partial charge is 0.408 e. The zero-order chi connectivity index (χ0) is 21.6. The van der Waals surface area contributed by atoms with E-state index in [2.05, 4.69) is 10.6 Å². The van der Waals surface area contributed by atoms with E-state index in [1.807, 2.05) is 0 Å². The predicted molar refractivity (Wildman–Crippen MR) is 107 cm³/mol. The molecule has 0 aromatic heterocycles. The summed E-state index contributed by atoms with van der Waals surface area (Å²) in [5.74, 6) is -1.22. The van der Waals surface area contributed by atoms with Crippen molar-refractivity contribution in [3.8, 4) is 0 Å². The van der Waals surface area contributed by atoms with Crippen LogP contribution in [0.25, 0.3) is 0 Å². The summed E-state index contributed by atoms with van der Waals surface area (Å²) >= 11 is 5.90.